The number of nitrogens with two attached hydrogens (primary N) is 1. The van der Waals surface area contributed by atoms with Crippen molar-refractivity contribution in [3.05, 3.63) is 159 Å². The summed E-state index contributed by atoms with van der Waals surface area (Å²) in [6.45, 7) is 42.0. The molecule has 6 N–H and O–H groups in total. The van der Waals surface area contributed by atoms with E-state index in [1.54, 1.807) is 0 Å². The third kappa shape index (κ3) is 10.6. The minimum atomic E-state index is 0.727. The minimum absolute atomic E-state index is 0.727. The molecule has 0 aliphatic carbocycles. The second-order valence-corrected chi connectivity index (χ2v) is 22.9. The van der Waals surface area contributed by atoms with Gasteiger partial charge in [-0.2, -0.15) is 0 Å². The van der Waals surface area contributed by atoms with E-state index >= 15 is 0 Å². The Morgan fingerprint density at radius 1 is 0.373 bits per heavy atom. The number of hydrogen-bond acceptors (Lipinski definition) is 4. The van der Waals surface area contributed by atoms with Crippen molar-refractivity contribution in [3.8, 4) is 0 Å². The summed E-state index contributed by atoms with van der Waals surface area (Å²) in [6.07, 6.45) is 22.6. The number of aliphatic imine (C=N–C) groups is 1. The second kappa shape index (κ2) is 25.9. The number of H-pyrrole nitrogens is 4. The zero-order chi connectivity index (χ0) is 59.6. The third-order valence-electron chi connectivity index (χ3n) is 19.0. The first kappa shape index (κ1) is 60.7. The SMILES string of the molecule is C=C1/C(CC)=C(CC)\C(N)=C\c2[nH]c(c(CC)c2CC)/C=C2N=C(/C=c3\[nH]/c(c(CC)c3CC)=C\1CCc1c3nc(cc4[nH]c(cc5nc(cc6[nH]c1c(CC)c6CC)C(CC)=C5CC)c(CC)c4CC)C(CC)=C3CC)C(CC)=C\2CC. The third-order valence-corrected chi connectivity index (χ3v) is 19.0. The summed E-state index contributed by atoms with van der Waals surface area (Å²) in [4.78, 5) is 33.3. The van der Waals surface area contributed by atoms with Gasteiger partial charge in [-0.1, -0.05) is 117 Å². The summed E-state index contributed by atoms with van der Waals surface area (Å²) >= 11 is 0. The molecule has 0 atom stereocenters. The van der Waals surface area contributed by atoms with Crippen molar-refractivity contribution >= 4 is 73.9 Å². The van der Waals surface area contributed by atoms with Crippen LogP contribution >= 0.6 is 0 Å². The molecule has 5 aromatic rings. The van der Waals surface area contributed by atoms with Crippen LogP contribution in [0.25, 0.3) is 68.2 Å². The highest BCUT2D eigenvalue weighted by Crippen LogP contribution is 2.43. The molecule has 0 unspecified atom stereocenters. The molecule has 8 nitrogen and oxygen atoms in total. The van der Waals surface area contributed by atoms with Gasteiger partial charge in [-0.05, 0) is 252 Å². The van der Waals surface area contributed by atoms with Crippen molar-refractivity contribution < 1.29 is 0 Å². The molecule has 5 aromatic heterocycles. The molecule has 438 valence electrons. The average Bonchev–Trinajstić information content (AvgIpc) is 3.45. The van der Waals surface area contributed by atoms with Crippen molar-refractivity contribution in [2.24, 2.45) is 10.7 Å². The van der Waals surface area contributed by atoms with Gasteiger partial charge in [0.05, 0.1) is 34.2 Å². The Balaban J connectivity index is 1.43. The van der Waals surface area contributed by atoms with E-state index in [0.29, 0.717) is 0 Å². The van der Waals surface area contributed by atoms with Crippen LogP contribution in [0.5, 0.6) is 0 Å². The summed E-state index contributed by atoms with van der Waals surface area (Å²) in [6, 6.07) is 7.10. The van der Waals surface area contributed by atoms with Gasteiger partial charge < -0.3 is 25.7 Å². The van der Waals surface area contributed by atoms with Crippen molar-refractivity contribution in [2.75, 3.05) is 0 Å². The van der Waals surface area contributed by atoms with Crippen molar-refractivity contribution in [3.63, 3.8) is 0 Å². The van der Waals surface area contributed by atoms with Gasteiger partial charge in [-0.3, -0.25) is 0 Å². The van der Waals surface area contributed by atoms with Crippen molar-refractivity contribution in [1.29, 1.82) is 0 Å². The summed E-state index contributed by atoms with van der Waals surface area (Å²) in [5.74, 6) is 0. The lowest BCUT2D eigenvalue weighted by molar-refractivity contribution is 0.957. The predicted octanol–water partition coefficient (Wildman–Crippen LogP) is 18.1. The Morgan fingerprint density at radius 2 is 0.843 bits per heavy atom. The predicted molar refractivity (Wildman–Crippen MR) is 360 cm³/mol. The largest absolute Gasteiger partial charge is 0.398 e. The first-order chi connectivity index (χ1) is 40.3. The first-order valence-corrected chi connectivity index (χ1v) is 32.6. The molecule has 14 bridgehead atoms. The molecule has 0 radical (unpaired) electrons. The number of fused-ring (bicyclic) bond motifs is 13. The van der Waals surface area contributed by atoms with Gasteiger partial charge in [-0.25, -0.2) is 15.0 Å². The summed E-state index contributed by atoms with van der Waals surface area (Å²) in [5, 5.41) is 2.32. The van der Waals surface area contributed by atoms with Crippen LogP contribution < -0.4 is 16.4 Å². The fraction of sp³-hybridized carbons (Fsp3) is 0.453. The van der Waals surface area contributed by atoms with Gasteiger partial charge in [0.25, 0.3) is 0 Å². The highest BCUT2D eigenvalue weighted by Gasteiger charge is 2.28. The molecule has 9 heterocycles. The lowest BCUT2D eigenvalue weighted by Gasteiger charge is -2.20. The van der Waals surface area contributed by atoms with Crippen LogP contribution in [0.15, 0.2) is 69.0 Å². The van der Waals surface area contributed by atoms with E-state index in [2.05, 4.69) is 167 Å². The maximum atomic E-state index is 7.51. The van der Waals surface area contributed by atoms with Crippen LogP contribution in [0.2, 0.25) is 0 Å². The molecule has 8 heteroatoms. The molecular formula is C75H98N8. The van der Waals surface area contributed by atoms with Gasteiger partial charge in [0.1, 0.15) is 0 Å². The van der Waals surface area contributed by atoms with Gasteiger partial charge in [0.15, 0.2) is 0 Å². The van der Waals surface area contributed by atoms with E-state index in [-0.39, 0.29) is 0 Å². The molecular weight excluding hydrogens is 1010 g/mol. The summed E-state index contributed by atoms with van der Waals surface area (Å²) in [5.41, 5.74) is 46.4. The summed E-state index contributed by atoms with van der Waals surface area (Å²) in [7, 11) is 0. The molecule has 0 saturated heterocycles. The van der Waals surface area contributed by atoms with Crippen LogP contribution in [-0.2, 0) is 57.8 Å². The van der Waals surface area contributed by atoms with E-state index in [9.17, 15) is 0 Å². The highest BCUT2D eigenvalue weighted by molar-refractivity contribution is 6.23. The van der Waals surface area contributed by atoms with Crippen LogP contribution in [0.1, 0.15) is 253 Å². The number of aryl methyl sites for hydroxylation is 5. The van der Waals surface area contributed by atoms with Gasteiger partial charge >= 0.3 is 0 Å². The van der Waals surface area contributed by atoms with E-state index < -0.39 is 0 Å². The molecule has 0 aromatic carbocycles. The molecule has 4 aliphatic rings. The Morgan fingerprint density at radius 3 is 1.35 bits per heavy atom. The fourth-order valence-electron chi connectivity index (χ4n) is 15.1. The number of nitrogens with one attached hydrogen (secondary N) is 4. The number of hydrogen-bond donors (Lipinski definition) is 5. The zero-order valence-electron chi connectivity index (χ0n) is 53.8. The fourth-order valence-corrected chi connectivity index (χ4v) is 15.1. The van der Waals surface area contributed by atoms with Crippen LogP contribution in [0.4, 0.5) is 0 Å². The molecule has 0 fully saturated rings. The Bertz CT molecular complexity index is 3940. The van der Waals surface area contributed by atoms with E-state index in [1.807, 2.05) is 0 Å². The topological polar surface area (TPSA) is 127 Å². The van der Waals surface area contributed by atoms with E-state index in [1.165, 1.54) is 106 Å². The number of aromatic amines is 4. The Kier molecular flexibility index (Phi) is 18.9. The second-order valence-electron chi connectivity index (χ2n) is 22.9. The van der Waals surface area contributed by atoms with Crippen LogP contribution in [0, 0.1) is 0 Å². The van der Waals surface area contributed by atoms with Gasteiger partial charge in [0, 0.05) is 55.4 Å². The van der Waals surface area contributed by atoms with Crippen molar-refractivity contribution in [2.45, 2.75) is 226 Å². The number of rotatable bonds is 19. The molecule has 0 saturated carbocycles. The van der Waals surface area contributed by atoms with Crippen molar-refractivity contribution in [1.82, 2.24) is 29.9 Å². The van der Waals surface area contributed by atoms with E-state index in [0.717, 1.165) is 200 Å². The van der Waals surface area contributed by atoms with E-state index in [4.69, 9.17) is 27.3 Å². The zero-order valence-corrected chi connectivity index (χ0v) is 53.8. The molecule has 83 heavy (non-hydrogen) atoms. The normalized spacial score (nSPS) is 18.2. The number of allylic oxidation sites excluding steroid dienone is 9. The smallest absolute Gasteiger partial charge is 0.0725 e. The highest BCUT2D eigenvalue weighted by atomic mass is 14.8. The van der Waals surface area contributed by atoms with Crippen LogP contribution in [-0.4, -0.2) is 35.6 Å². The first-order valence-electron chi connectivity index (χ1n) is 32.6. The Hall–Kier alpha value is -6.93. The molecule has 0 amide bonds. The minimum Gasteiger partial charge on any atom is -0.398 e. The molecule has 0 spiro atoms. The number of nitrogens with zero attached hydrogens (tertiary/aromatic N) is 3. The quantitative estimate of drug-likeness (QED) is 0.0565. The average molecular weight is 1110 g/mol. The molecule has 4 aliphatic heterocycles. The standard InChI is InChI=1S/C75H98N8/c1-18-43-42(17)59(73-56(31-14)53(28-11)70(81-73)39-67-50(25-8)47(22-5)64(78-67)37-63-46(21-4)45(20-3)62(77-63)36-61(76)44(43)19-2)34-35-60-74-57(32-15)54(29-12)71(82-74)40-68-51(26-9)48(23-6)65(79-68)38-66-49(24-7)52(27-10)69(80-66)41-72-55(30-13)58(33-16)75(60)83-72/h36-41,77,79,81,83H,17-35,76H2,1-16H3/b44-43-,61-36-,64-37-,65-38?,66-38?,68-40?,69-41?,70-39-,71-40?,72-41?,73-59-,74-60?,75-60?. The van der Waals surface area contributed by atoms with Crippen LogP contribution in [0.3, 0.4) is 0 Å². The monoisotopic (exact) mass is 1110 g/mol. The summed E-state index contributed by atoms with van der Waals surface area (Å²) < 4.78 is 0. The molecule has 9 rings (SSSR count). The van der Waals surface area contributed by atoms with Gasteiger partial charge in [-0.15, -0.1) is 0 Å². The Labute approximate surface area is 497 Å². The maximum Gasteiger partial charge on any atom is 0.0725 e. The lowest BCUT2D eigenvalue weighted by Crippen LogP contribution is -2.19. The van der Waals surface area contributed by atoms with Gasteiger partial charge in [0.2, 0.25) is 0 Å². The maximum absolute atomic E-state index is 7.51. The lowest BCUT2D eigenvalue weighted by atomic mass is 9.86. The number of aromatic nitrogens is 6.